The van der Waals surface area contributed by atoms with Crippen LogP contribution >= 0.6 is 0 Å². The maximum atomic E-state index is 10.6. The van der Waals surface area contributed by atoms with Gasteiger partial charge in [-0.1, -0.05) is 0 Å². The van der Waals surface area contributed by atoms with E-state index in [1.54, 1.807) is 0 Å². The lowest BCUT2D eigenvalue weighted by Gasteiger charge is -2.19. The van der Waals surface area contributed by atoms with Gasteiger partial charge in [0.05, 0.1) is 4.92 Å². The molecule has 0 N–H and O–H groups in total. The number of carbonyl (C=O) groups is 4. The summed E-state index contributed by atoms with van der Waals surface area (Å²) >= 11 is 0. The lowest BCUT2D eigenvalue weighted by atomic mass is 10.3. The molecule has 1 heterocycles. The summed E-state index contributed by atoms with van der Waals surface area (Å²) in [5.74, 6) is -4.87. The number of hydrogen-bond acceptors (Lipinski definition) is 10. The Bertz CT molecular complexity index is 451. The highest BCUT2D eigenvalue weighted by molar-refractivity contribution is 5.73. The molecule has 0 aromatic rings. The molecule has 0 saturated heterocycles. The van der Waals surface area contributed by atoms with E-state index in [4.69, 9.17) is 19.8 Å². The second kappa shape index (κ2) is 9.99. The maximum Gasteiger partial charge on any atom is 0.339 e. The predicted octanol–water partition coefficient (Wildman–Crippen LogP) is -2.85. The number of ether oxygens (including phenoxy) is 2. The Balaban J connectivity index is 0. The molecule has 1 aliphatic heterocycles. The van der Waals surface area contributed by atoms with Crippen LogP contribution in [0.5, 0.6) is 0 Å². The molecule has 0 aliphatic carbocycles. The van der Waals surface area contributed by atoms with Crippen molar-refractivity contribution >= 4 is 24.2 Å². The molecule has 124 valence electrons. The Morgan fingerprint density at radius 2 is 1.64 bits per heavy atom. The Hall–Kier alpha value is -2.82. The third-order valence-electron chi connectivity index (χ3n) is 1.47. The third-order valence-corrected chi connectivity index (χ3v) is 1.47. The topological polar surface area (TPSA) is 176 Å². The van der Waals surface area contributed by atoms with Gasteiger partial charge in [0, 0.05) is 31.0 Å². The number of hydrogen-bond donors (Lipinski definition) is 0. The van der Waals surface area contributed by atoms with Gasteiger partial charge in [-0.3, -0.25) is 24.4 Å². The predicted molar refractivity (Wildman–Crippen MR) is 62.9 cm³/mol. The molecule has 11 heteroatoms. The first kappa shape index (κ1) is 21.5. The lowest BCUT2D eigenvalue weighted by Crippen LogP contribution is -2.38. The number of nitrogens with zero attached hydrogens (tertiary/aromatic N) is 1. The maximum absolute atomic E-state index is 10.6. The van der Waals surface area contributed by atoms with E-state index in [9.17, 15) is 19.7 Å². The van der Waals surface area contributed by atoms with Crippen molar-refractivity contribution in [1.82, 2.24) is 0 Å². The Kier molecular flexibility index (Phi) is 9.75. The van der Waals surface area contributed by atoms with Crippen LogP contribution in [0.3, 0.4) is 0 Å². The van der Waals surface area contributed by atoms with Gasteiger partial charge < -0.3 is 24.5 Å². The van der Waals surface area contributed by atoms with E-state index in [0.29, 0.717) is 0 Å². The van der Waals surface area contributed by atoms with Crippen molar-refractivity contribution < 1.29 is 43.8 Å². The molecular formula is C11H13NO10-2. The summed E-state index contributed by atoms with van der Waals surface area (Å²) in [5.41, 5.74) is 0. The monoisotopic (exact) mass is 319 g/mol. The second-order valence-corrected chi connectivity index (χ2v) is 3.57. The first-order valence-corrected chi connectivity index (χ1v) is 5.47. The van der Waals surface area contributed by atoms with E-state index in [1.807, 2.05) is 0 Å². The summed E-state index contributed by atoms with van der Waals surface area (Å²) in [5, 5.41) is 28.0. The largest absolute Gasteiger partial charge is 0.550 e. The smallest absolute Gasteiger partial charge is 0.339 e. The fourth-order valence-electron chi connectivity index (χ4n) is 0.971. The van der Waals surface area contributed by atoms with Crippen LogP contribution in [-0.2, 0) is 28.7 Å². The SMILES string of the molecule is CC(=O)OC1(C=O)C=CC([N+](=O)[O-])O1.CC(=O)[O-].CC(=O)[O-]. The van der Waals surface area contributed by atoms with E-state index in [1.165, 1.54) is 0 Å². The van der Waals surface area contributed by atoms with Gasteiger partial charge in [0.1, 0.15) is 0 Å². The van der Waals surface area contributed by atoms with Gasteiger partial charge in [-0.15, -0.1) is 0 Å². The summed E-state index contributed by atoms with van der Waals surface area (Å²) in [6, 6.07) is 0. The van der Waals surface area contributed by atoms with E-state index in [2.05, 4.69) is 9.47 Å². The molecule has 0 radical (unpaired) electrons. The summed E-state index contributed by atoms with van der Waals surface area (Å²) in [7, 11) is 0. The number of carbonyl (C=O) groups excluding carboxylic acids is 4. The molecule has 0 spiro atoms. The van der Waals surface area contributed by atoms with Gasteiger partial charge in [-0.05, 0) is 13.8 Å². The van der Waals surface area contributed by atoms with Crippen LogP contribution in [0.2, 0.25) is 0 Å². The number of esters is 1. The zero-order chi connectivity index (χ0) is 17.9. The summed E-state index contributed by atoms with van der Waals surface area (Å²) in [4.78, 5) is 48.4. The average molecular weight is 319 g/mol. The molecule has 22 heavy (non-hydrogen) atoms. The van der Waals surface area contributed by atoms with Gasteiger partial charge in [0.25, 0.3) is 5.79 Å². The highest BCUT2D eigenvalue weighted by atomic mass is 16.8. The van der Waals surface area contributed by atoms with E-state index < -0.39 is 34.8 Å². The van der Waals surface area contributed by atoms with Crippen molar-refractivity contribution in [2.24, 2.45) is 0 Å². The van der Waals surface area contributed by atoms with Crippen LogP contribution < -0.4 is 10.2 Å². The molecule has 11 nitrogen and oxygen atoms in total. The van der Waals surface area contributed by atoms with Crippen LogP contribution in [0.25, 0.3) is 0 Å². The third kappa shape index (κ3) is 11.0. The summed E-state index contributed by atoms with van der Waals surface area (Å²) in [6.45, 7) is 3.02. The van der Waals surface area contributed by atoms with Crippen molar-refractivity contribution in [1.29, 1.82) is 0 Å². The van der Waals surface area contributed by atoms with Crippen LogP contribution in [0, 0.1) is 10.1 Å². The van der Waals surface area contributed by atoms with Gasteiger partial charge in [-0.2, -0.15) is 0 Å². The number of aldehydes is 1. The minimum Gasteiger partial charge on any atom is -0.550 e. The average Bonchev–Trinajstić information content (AvgIpc) is 2.71. The molecule has 0 amide bonds. The normalized spacial score (nSPS) is 21.3. The molecule has 0 saturated carbocycles. The van der Waals surface area contributed by atoms with Crippen LogP contribution in [0.15, 0.2) is 12.2 Å². The Labute approximate surface area is 124 Å². The van der Waals surface area contributed by atoms with Crippen molar-refractivity contribution in [3.63, 3.8) is 0 Å². The summed E-state index contributed by atoms with van der Waals surface area (Å²) < 4.78 is 9.16. The van der Waals surface area contributed by atoms with Crippen molar-refractivity contribution in [2.75, 3.05) is 0 Å². The Morgan fingerprint density at radius 1 is 1.23 bits per heavy atom. The van der Waals surface area contributed by atoms with Crippen molar-refractivity contribution in [3.05, 3.63) is 22.3 Å². The number of rotatable bonds is 3. The van der Waals surface area contributed by atoms with E-state index in [-0.39, 0.29) is 6.29 Å². The van der Waals surface area contributed by atoms with Gasteiger partial charge >= 0.3 is 12.2 Å². The first-order chi connectivity index (χ1) is 9.95. The number of aliphatic carboxylic acids is 2. The highest BCUT2D eigenvalue weighted by Crippen LogP contribution is 2.23. The fourth-order valence-corrected chi connectivity index (χ4v) is 0.971. The molecule has 2 atom stereocenters. The van der Waals surface area contributed by atoms with Crippen LogP contribution in [0.1, 0.15) is 20.8 Å². The molecule has 0 fully saturated rings. The number of nitro groups is 1. The quantitative estimate of drug-likeness (QED) is 0.173. The molecule has 1 aliphatic rings. The number of carboxylic acid groups (broad SMARTS) is 2. The molecule has 1 rings (SSSR count). The zero-order valence-electron chi connectivity index (χ0n) is 11.8. The Morgan fingerprint density at radius 3 is 1.86 bits per heavy atom. The lowest BCUT2D eigenvalue weighted by molar-refractivity contribution is -0.567. The summed E-state index contributed by atoms with van der Waals surface area (Å²) in [6.07, 6.45) is 0.806. The number of carboxylic acids is 2. The minimum atomic E-state index is -1.94. The molecule has 0 aromatic heterocycles. The second-order valence-electron chi connectivity index (χ2n) is 3.57. The fraction of sp³-hybridized carbons (Fsp3) is 0.455. The van der Waals surface area contributed by atoms with E-state index in [0.717, 1.165) is 32.9 Å². The first-order valence-electron chi connectivity index (χ1n) is 5.47. The molecule has 0 aromatic carbocycles. The van der Waals surface area contributed by atoms with Gasteiger partial charge in [0.2, 0.25) is 0 Å². The van der Waals surface area contributed by atoms with Crippen LogP contribution in [-0.4, -0.2) is 41.1 Å². The minimum absolute atomic E-state index is 0.189. The molecule has 2 unspecified atom stereocenters. The van der Waals surface area contributed by atoms with Gasteiger partial charge in [0.15, 0.2) is 6.29 Å². The standard InChI is InChI=1S/C7H7NO6.2C2H4O2/c1-5(10)13-7(4-9)3-2-6(14-7)8(11)12;2*1-2(3)4/h2-4,6H,1H3;2*1H3,(H,3,4)/p-2. The van der Waals surface area contributed by atoms with Crippen molar-refractivity contribution in [3.8, 4) is 0 Å². The highest BCUT2D eigenvalue weighted by Gasteiger charge is 2.43. The zero-order valence-corrected chi connectivity index (χ0v) is 11.8. The van der Waals surface area contributed by atoms with Crippen LogP contribution in [0.4, 0.5) is 0 Å². The molecule has 0 bridgehead atoms. The van der Waals surface area contributed by atoms with Gasteiger partial charge in [-0.25, -0.2) is 0 Å². The molecular weight excluding hydrogens is 306 g/mol. The van der Waals surface area contributed by atoms with Crippen molar-refractivity contribution in [2.45, 2.75) is 32.8 Å². The van der Waals surface area contributed by atoms with E-state index >= 15 is 0 Å².